The number of methoxy groups -OCH3 is 1. The molecule has 0 amide bonds. The summed E-state index contributed by atoms with van der Waals surface area (Å²) in [6, 6.07) is 8.21. The molecule has 0 fully saturated rings. The van der Waals surface area contributed by atoms with Crippen LogP contribution in [0.3, 0.4) is 0 Å². The third kappa shape index (κ3) is 3.04. The number of para-hydroxylation sites is 1. The Morgan fingerprint density at radius 1 is 1.36 bits per heavy atom. The summed E-state index contributed by atoms with van der Waals surface area (Å²) in [6.45, 7) is 3.28. The van der Waals surface area contributed by atoms with E-state index in [1.54, 1.807) is 7.11 Å². The molecule has 1 rings (SSSR count). The Bertz CT molecular complexity index is 273. The van der Waals surface area contributed by atoms with E-state index in [1.807, 2.05) is 19.2 Å². The minimum absolute atomic E-state index is 0.635. The Morgan fingerprint density at radius 3 is 2.71 bits per heavy atom. The van der Waals surface area contributed by atoms with Crippen molar-refractivity contribution in [3.8, 4) is 5.75 Å². The maximum Gasteiger partial charge on any atom is 0.122 e. The molecule has 2 heteroatoms. The van der Waals surface area contributed by atoms with Crippen LogP contribution in [0.2, 0.25) is 0 Å². The number of ether oxygens (including phenoxy) is 1. The van der Waals surface area contributed by atoms with E-state index in [0.29, 0.717) is 5.92 Å². The van der Waals surface area contributed by atoms with Crippen LogP contribution in [0.25, 0.3) is 0 Å². The van der Waals surface area contributed by atoms with Gasteiger partial charge in [-0.1, -0.05) is 25.1 Å². The average Bonchev–Trinajstić information content (AvgIpc) is 2.19. The van der Waals surface area contributed by atoms with Gasteiger partial charge in [0.25, 0.3) is 0 Å². The maximum atomic E-state index is 5.30. The van der Waals surface area contributed by atoms with Crippen LogP contribution in [0.15, 0.2) is 24.3 Å². The van der Waals surface area contributed by atoms with E-state index in [-0.39, 0.29) is 0 Å². The van der Waals surface area contributed by atoms with Crippen molar-refractivity contribution in [1.82, 2.24) is 5.32 Å². The first-order valence-electron chi connectivity index (χ1n) is 5.04. The number of hydrogen-bond donors (Lipinski definition) is 1. The second-order valence-electron chi connectivity index (χ2n) is 3.68. The van der Waals surface area contributed by atoms with E-state index in [0.717, 1.165) is 18.7 Å². The van der Waals surface area contributed by atoms with Gasteiger partial charge in [-0.05, 0) is 37.6 Å². The van der Waals surface area contributed by atoms with E-state index in [4.69, 9.17) is 4.74 Å². The third-order valence-corrected chi connectivity index (χ3v) is 2.31. The van der Waals surface area contributed by atoms with E-state index in [2.05, 4.69) is 24.4 Å². The second-order valence-corrected chi connectivity index (χ2v) is 3.68. The lowest BCUT2D eigenvalue weighted by Gasteiger charge is -2.13. The Kier molecular flexibility index (Phi) is 4.47. The molecule has 0 bridgehead atoms. The van der Waals surface area contributed by atoms with Crippen LogP contribution in [0.1, 0.15) is 12.5 Å². The summed E-state index contributed by atoms with van der Waals surface area (Å²) >= 11 is 0. The summed E-state index contributed by atoms with van der Waals surface area (Å²) in [6.07, 6.45) is 1.06. The fourth-order valence-electron chi connectivity index (χ4n) is 1.67. The summed E-state index contributed by atoms with van der Waals surface area (Å²) in [5.41, 5.74) is 1.29. The van der Waals surface area contributed by atoms with Crippen LogP contribution in [0.5, 0.6) is 5.75 Å². The van der Waals surface area contributed by atoms with Gasteiger partial charge in [0.05, 0.1) is 7.11 Å². The van der Waals surface area contributed by atoms with Crippen molar-refractivity contribution in [2.75, 3.05) is 20.7 Å². The van der Waals surface area contributed by atoms with E-state index in [1.165, 1.54) is 5.56 Å². The van der Waals surface area contributed by atoms with Gasteiger partial charge in [0.15, 0.2) is 0 Å². The summed E-state index contributed by atoms with van der Waals surface area (Å²) in [5.74, 6) is 1.63. The highest BCUT2D eigenvalue weighted by Gasteiger charge is 2.06. The van der Waals surface area contributed by atoms with Gasteiger partial charge in [-0.2, -0.15) is 0 Å². The van der Waals surface area contributed by atoms with Crippen molar-refractivity contribution in [2.45, 2.75) is 13.3 Å². The molecule has 0 aliphatic heterocycles. The van der Waals surface area contributed by atoms with Gasteiger partial charge in [0.1, 0.15) is 5.75 Å². The minimum atomic E-state index is 0.635. The zero-order valence-electron chi connectivity index (χ0n) is 9.21. The number of hydrogen-bond acceptors (Lipinski definition) is 2. The molecule has 0 aliphatic carbocycles. The normalized spacial score (nSPS) is 12.5. The smallest absolute Gasteiger partial charge is 0.122 e. The van der Waals surface area contributed by atoms with Crippen LogP contribution < -0.4 is 10.1 Å². The van der Waals surface area contributed by atoms with Crippen molar-refractivity contribution < 1.29 is 4.74 Å². The molecule has 0 aromatic heterocycles. The molecule has 0 radical (unpaired) electrons. The summed E-state index contributed by atoms with van der Waals surface area (Å²) < 4.78 is 5.30. The first-order valence-corrected chi connectivity index (χ1v) is 5.04. The van der Waals surface area contributed by atoms with Crippen LogP contribution in [-0.4, -0.2) is 20.7 Å². The average molecular weight is 193 g/mol. The van der Waals surface area contributed by atoms with Crippen LogP contribution in [-0.2, 0) is 6.42 Å². The minimum Gasteiger partial charge on any atom is -0.496 e. The zero-order valence-corrected chi connectivity index (χ0v) is 9.21. The number of rotatable bonds is 5. The maximum absolute atomic E-state index is 5.30. The third-order valence-electron chi connectivity index (χ3n) is 2.31. The lowest BCUT2D eigenvalue weighted by molar-refractivity contribution is 0.404. The first kappa shape index (κ1) is 11.1. The van der Waals surface area contributed by atoms with E-state index >= 15 is 0 Å². The Morgan fingerprint density at radius 2 is 2.07 bits per heavy atom. The molecule has 1 aromatic rings. The van der Waals surface area contributed by atoms with Crippen LogP contribution in [0.4, 0.5) is 0 Å². The van der Waals surface area contributed by atoms with Crippen LogP contribution in [0, 0.1) is 5.92 Å². The molecule has 0 saturated carbocycles. The van der Waals surface area contributed by atoms with E-state index < -0.39 is 0 Å². The number of nitrogens with one attached hydrogen (secondary N) is 1. The summed E-state index contributed by atoms with van der Waals surface area (Å²) in [7, 11) is 3.71. The topological polar surface area (TPSA) is 21.3 Å². The van der Waals surface area contributed by atoms with Gasteiger partial charge in [-0.3, -0.25) is 0 Å². The van der Waals surface area contributed by atoms with Gasteiger partial charge in [0, 0.05) is 0 Å². The molecule has 0 aliphatic rings. The predicted molar refractivity (Wildman–Crippen MR) is 59.8 cm³/mol. The fourth-order valence-corrected chi connectivity index (χ4v) is 1.67. The molecule has 2 nitrogen and oxygen atoms in total. The van der Waals surface area contributed by atoms with Crippen molar-refractivity contribution in [1.29, 1.82) is 0 Å². The van der Waals surface area contributed by atoms with E-state index in [9.17, 15) is 0 Å². The van der Waals surface area contributed by atoms with Crippen molar-refractivity contribution in [3.63, 3.8) is 0 Å². The summed E-state index contributed by atoms with van der Waals surface area (Å²) in [5, 5.41) is 3.18. The van der Waals surface area contributed by atoms with Crippen molar-refractivity contribution >= 4 is 0 Å². The second kappa shape index (κ2) is 5.66. The number of benzene rings is 1. The lowest BCUT2D eigenvalue weighted by Crippen LogP contribution is -2.18. The molecule has 1 atom stereocenters. The predicted octanol–water partition coefficient (Wildman–Crippen LogP) is 2.09. The quantitative estimate of drug-likeness (QED) is 0.773. The molecule has 0 heterocycles. The highest BCUT2D eigenvalue weighted by Crippen LogP contribution is 2.20. The molecule has 1 unspecified atom stereocenters. The molecule has 1 N–H and O–H groups in total. The molecule has 14 heavy (non-hydrogen) atoms. The van der Waals surface area contributed by atoms with Gasteiger partial charge >= 0.3 is 0 Å². The van der Waals surface area contributed by atoms with Crippen molar-refractivity contribution in [3.05, 3.63) is 29.8 Å². The molecular formula is C12H19NO. The van der Waals surface area contributed by atoms with Gasteiger partial charge < -0.3 is 10.1 Å². The lowest BCUT2D eigenvalue weighted by atomic mass is 10.0. The Balaban J connectivity index is 2.65. The van der Waals surface area contributed by atoms with Gasteiger partial charge in [-0.25, -0.2) is 0 Å². The molecule has 78 valence electrons. The largest absolute Gasteiger partial charge is 0.496 e. The highest BCUT2D eigenvalue weighted by atomic mass is 16.5. The first-order chi connectivity index (χ1) is 6.77. The van der Waals surface area contributed by atoms with Crippen molar-refractivity contribution in [2.24, 2.45) is 5.92 Å². The SMILES string of the molecule is CNCC(C)Cc1ccccc1OC. The van der Waals surface area contributed by atoms with Gasteiger partial charge in [0.2, 0.25) is 0 Å². The Labute approximate surface area is 86.3 Å². The monoisotopic (exact) mass is 193 g/mol. The molecule has 1 aromatic carbocycles. The highest BCUT2D eigenvalue weighted by molar-refractivity contribution is 5.33. The Hall–Kier alpha value is -1.02. The standard InChI is InChI=1S/C12H19NO/c1-10(9-13-2)8-11-6-4-5-7-12(11)14-3/h4-7,10,13H,8-9H2,1-3H3. The molecule has 0 spiro atoms. The van der Waals surface area contributed by atoms with Crippen LogP contribution >= 0.6 is 0 Å². The molecular weight excluding hydrogens is 174 g/mol. The fraction of sp³-hybridized carbons (Fsp3) is 0.500. The molecule has 0 saturated heterocycles. The van der Waals surface area contributed by atoms with Gasteiger partial charge in [-0.15, -0.1) is 0 Å². The zero-order chi connectivity index (χ0) is 10.4. The summed E-state index contributed by atoms with van der Waals surface area (Å²) in [4.78, 5) is 0.